The van der Waals surface area contributed by atoms with Crippen LogP contribution in [0.3, 0.4) is 0 Å². The summed E-state index contributed by atoms with van der Waals surface area (Å²) in [5.74, 6) is 0. The second kappa shape index (κ2) is 6.67. The number of benzene rings is 1. The van der Waals surface area contributed by atoms with Crippen molar-refractivity contribution in [3.8, 4) is 0 Å². The zero-order valence-electron chi connectivity index (χ0n) is 10.4. The molecule has 0 aliphatic carbocycles. The van der Waals surface area contributed by atoms with Crippen LogP contribution in [0.15, 0.2) is 30.3 Å². The normalized spacial score (nSPS) is 11.7. The first kappa shape index (κ1) is 13.2. The third kappa shape index (κ3) is 3.89. The van der Waals surface area contributed by atoms with E-state index in [0.29, 0.717) is 0 Å². The van der Waals surface area contributed by atoms with Gasteiger partial charge in [0, 0.05) is 0 Å². The van der Waals surface area contributed by atoms with Gasteiger partial charge in [0.15, 0.2) is 0 Å². The van der Waals surface area contributed by atoms with E-state index in [1.165, 1.54) is 23.9 Å². The molecule has 0 bridgehead atoms. The maximum atomic E-state index is 2.43. The zero-order valence-corrected chi connectivity index (χ0v) is 14.3. The molecule has 0 saturated carbocycles. The minimum absolute atomic E-state index is 1.33. The van der Waals surface area contributed by atoms with E-state index in [4.69, 9.17) is 0 Å². The van der Waals surface area contributed by atoms with Gasteiger partial charge in [0.2, 0.25) is 0 Å². The van der Waals surface area contributed by atoms with Crippen LogP contribution in [-0.4, -0.2) is 21.2 Å². The molecule has 1 rings (SSSR count). The molecular formula is C14H24Pb. The molecule has 0 spiro atoms. The number of hydrogen-bond acceptors (Lipinski definition) is 0. The zero-order chi connectivity index (χ0) is 11.1. The standard InChI is InChI=1S/C8H9.3C2H5.Pb/c1-2-8-6-4-3-5-7-8;3*1-2;/h3-7H,1-2H2;3*1H2,2H3;. The Morgan fingerprint density at radius 1 is 0.867 bits per heavy atom. The fraction of sp³-hybridized carbons (Fsp3) is 0.571. The van der Waals surface area contributed by atoms with E-state index in [9.17, 15) is 0 Å². The van der Waals surface area contributed by atoms with E-state index in [1.807, 2.05) is 0 Å². The van der Waals surface area contributed by atoms with Gasteiger partial charge < -0.3 is 0 Å². The molecule has 84 valence electrons. The van der Waals surface area contributed by atoms with Crippen LogP contribution < -0.4 is 0 Å². The monoisotopic (exact) mass is 400 g/mol. The third-order valence-corrected chi connectivity index (χ3v) is 26.6. The predicted octanol–water partition coefficient (Wildman–Crippen LogP) is 4.74. The summed E-state index contributed by atoms with van der Waals surface area (Å²) in [4.78, 5) is 0. The summed E-state index contributed by atoms with van der Waals surface area (Å²) in [5, 5.41) is 0. The Morgan fingerprint density at radius 3 is 1.87 bits per heavy atom. The van der Waals surface area contributed by atoms with Crippen molar-refractivity contribution >= 4 is 21.2 Å². The topological polar surface area (TPSA) is 0 Å². The molecule has 1 heteroatoms. The van der Waals surface area contributed by atoms with Gasteiger partial charge in [-0.2, -0.15) is 0 Å². The van der Waals surface area contributed by atoms with Crippen molar-refractivity contribution in [2.75, 3.05) is 0 Å². The van der Waals surface area contributed by atoms with Gasteiger partial charge in [-0.15, -0.1) is 0 Å². The van der Waals surface area contributed by atoms with Crippen LogP contribution in [0.1, 0.15) is 26.3 Å². The summed E-state index contributed by atoms with van der Waals surface area (Å²) in [6.45, 7) is 7.29. The molecule has 0 aromatic heterocycles. The Morgan fingerprint density at radius 2 is 1.40 bits per heavy atom. The summed E-state index contributed by atoms with van der Waals surface area (Å²) in [6.07, 6.45) is 1.33. The molecule has 0 N–H and O–H groups in total. The van der Waals surface area contributed by atoms with Gasteiger partial charge in [0.05, 0.1) is 0 Å². The molecule has 0 nitrogen and oxygen atoms in total. The number of hydrogen-bond donors (Lipinski definition) is 0. The SMILES string of the molecule is C[CH2][Pb]([CH2]C)([CH2]C)[CH2]Cc1ccccc1. The Bertz CT molecular complexity index is 254. The molecule has 0 saturated heterocycles. The Labute approximate surface area is 99.8 Å². The molecule has 0 atom stereocenters. The van der Waals surface area contributed by atoms with Gasteiger partial charge in [-0.3, -0.25) is 0 Å². The van der Waals surface area contributed by atoms with Crippen molar-refractivity contribution in [3.63, 3.8) is 0 Å². The Hall–Kier alpha value is 0.142. The quantitative estimate of drug-likeness (QED) is 0.606. The van der Waals surface area contributed by atoms with Crippen LogP contribution in [0, 0.1) is 0 Å². The van der Waals surface area contributed by atoms with Gasteiger partial charge in [0.25, 0.3) is 0 Å². The van der Waals surface area contributed by atoms with E-state index in [0.717, 1.165) is 0 Å². The van der Waals surface area contributed by atoms with E-state index in [1.54, 1.807) is 3.98 Å². The number of rotatable bonds is 6. The fourth-order valence-electron chi connectivity index (χ4n) is 2.33. The summed E-state index contributed by atoms with van der Waals surface area (Å²) in [7, 11) is 0. The van der Waals surface area contributed by atoms with Gasteiger partial charge in [-0.1, -0.05) is 0 Å². The van der Waals surface area contributed by atoms with Crippen LogP contribution in [0.4, 0.5) is 0 Å². The molecule has 15 heavy (non-hydrogen) atoms. The minimum atomic E-state index is -1.79. The molecule has 0 amide bonds. The summed E-state index contributed by atoms with van der Waals surface area (Å²) < 4.78 is 6.16. The van der Waals surface area contributed by atoms with Crippen LogP contribution in [-0.2, 0) is 6.42 Å². The Kier molecular flexibility index (Phi) is 5.87. The summed E-state index contributed by atoms with van der Waals surface area (Å²) >= 11 is -1.79. The van der Waals surface area contributed by atoms with Crippen LogP contribution in [0.5, 0.6) is 0 Å². The first-order valence-corrected chi connectivity index (χ1v) is 17.3. The fourth-order valence-corrected chi connectivity index (χ4v) is 15.5. The van der Waals surface area contributed by atoms with E-state index < -0.39 is 21.2 Å². The predicted molar refractivity (Wildman–Crippen MR) is 72.2 cm³/mol. The van der Waals surface area contributed by atoms with Gasteiger partial charge >= 0.3 is 100 Å². The van der Waals surface area contributed by atoms with Crippen molar-refractivity contribution in [2.45, 2.75) is 43.1 Å². The van der Waals surface area contributed by atoms with Gasteiger partial charge in [-0.05, 0) is 0 Å². The van der Waals surface area contributed by atoms with E-state index in [-0.39, 0.29) is 0 Å². The summed E-state index contributed by atoms with van der Waals surface area (Å²) in [5.41, 5.74) is 1.54. The molecule has 0 heterocycles. The first-order valence-electron chi connectivity index (χ1n) is 6.30. The van der Waals surface area contributed by atoms with Crippen molar-refractivity contribution < 1.29 is 0 Å². The van der Waals surface area contributed by atoms with Crippen LogP contribution in [0.25, 0.3) is 0 Å². The average molecular weight is 400 g/mol. The average Bonchev–Trinajstić information content (AvgIpc) is 2.33. The Balaban J connectivity index is 2.54. The van der Waals surface area contributed by atoms with Crippen molar-refractivity contribution in [2.24, 2.45) is 0 Å². The van der Waals surface area contributed by atoms with Crippen molar-refractivity contribution in [1.29, 1.82) is 0 Å². The molecule has 0 fully saturated rings. The molecule has 0 aliphatic rings. The van der Waals surface area contributed by atoms with Crippen molar-refractivity contribution in [1.82, 2.24) is 0 Å². The molecule has 0 radical (unpaired) electrons. The summed E-state index contributed by atoms with van der Waals surface area (Å²) in [6, 6.07) is 11.0. The third-order valence-electron chi connectivity index (χ3n) is 4.04. The second-order valence-corrected chi connectivity index (χ2v) is 26.4. The van der Waals surface area contributed by atoms with Crippen molar-refractivity contribution in [3.05, 3.63) is 35.9 Å². The van der Waals surface area contributed by atoms with Gasteiger partial charge in [0.1, 0.15) is 0 Å². The molecule has 1 aromatic carbocycles. The maximum absolute atomic E-state index is 2.43. The van der Waals surface area contributed by atoms with Crippen LogP contribution in [0.2, 0.25) is 15.9 Å². The van der Waals surface area contributed by atoms with E-state index in [2.05, 4.69) is 51.1 Å². The molecule has 0 unspecified atom stereocenters. The first-order chi connectivity index (χ1) is 7.26. The second-order valence-electron chi connectivity index (χ2n) is 4.55. The van der Waals surface area contributed by atoms with E-state index >= 15 is 0 Å². The molecule has 0 aliphatic heterocycles. The molecular weight excluding hydrogens is 375 g/mol. The number of aryl methyl sites for hydroxylation is 1. The van der Waals surface area contributed by atoms with Crippen LogP contribution >= 0.6 is 0 Å². The van der Waals surface area contributed by atoms with Gasteiger partial charge in [-0.25, -0.2) is 0 Å². The molecule has 1 aromatic rings.